The van der Waals surface area contributed by atoms with Gasteiger partial charge < -0.3 is 14.4 Å². The Morgan fingerprint density at radius 3 is 2.26 bits per heavy atom. The zero-order valence-electron chi connectivity index (χ0n) is 15.9. The van der Waals surface area contributed by atoms with E-state index in [9.17, 15) is 9.59 Å². The Morgan fingerprint density at radius 2 is 1.59 bits per heavy atom. The third-order valence-electron chi connectivity index (χ3n) is 5.91. The van der Waals surface area contributed by atoms with E-state index in [1.165, 1.54) is 0 Å². The third-order valence-corrected chi connectivity index (χ3v) is 5.91. The van der Waals surface area contributed by atoms with Gasteiger partial charge in [-0.2, -0.15) is 0 Å². The van der Waals surface area contributed by atoms with Crippen molar-refractivity contribution >= 4 is 11.8 Å². The lowest BCUT2D eigenvalue weighted by molar-refractivity contribution is -0.136. The topological polar surface area (TPSA) is 45.6 Å². The summed E-state index contributed by atoms with van der Waals surface area (Å²) in [7, 11) is 0. The summed E-state index contributed by atoms with van der Waals surface area (Å²) in [6, 6.07) is 11.3. The first kappa shape index (κ1) is 17.8. The summed E-state index contributed by atoms with van der Waals surface area (Å²) in [6.07, 6.45) is 7.75. The van der Waals surface area contributed by atoms with E-state index in [1.807, 2.05) is 58.3 Å². The van der Waals surface area contributed by atoms with E-state index < -0.39 is 0 Å². The Labute approximate surface area is 160 Å². The minimum atomic E-state index is -0.296. The van der Waals surface area contributed by atoms with E-state index in [1.54, 1.807) is 4.90 Å². The summed E-state index contributed by atoms with van der Waals surface area (Å²) in [5.74, 6) is 0.793. The van der Waals surface area contributed by atoms with Gasteiger partial charge in [-0.15, -0.1) is 0 Å². The predicted molar refractivity (Wildman–Crippen MR) is 105 cm³/mol. The molecule has 1 aromatic heterocycles. The van der Waals surface area contributed by atoms with Gasteiger partial charge in [0.25, 0.3) is 5.91 Å². The number of amides is 2. The number of hydrogen-bond acceptors (Lipinski definition) is 2. The van der Waals surface area contributed by atoms with E-state index in [2.05, 4.69) is 6.92 Å². The van der Waals surface area contributed by atoms with Crippen molar-refractivity contribution in [2.45, 2.75) is 38.6 Å². The van der Waals surface area contributed by atoms with Gasteiger partial charge in [-0.05, 0) is 68.0 Å². The van der Waals surface area contributed by atoms with Crippen molar-refractivity contribution in [2.24, 2.45) is 5.92 Å². The molecule has 2 aliphatic rings. The van der Waals surface area contributed by atoms with E-state index >= 15 is 0 Å². The molecule has 142 valence electrons. The molecule has 0 spiro atoms. The normalized spacial score (nSPS) is 20.9. The molecule has 3 heterocycles. The number of nitrogens with zero attached hydrogens (tertiary/aromatic N) is 3. The molecule has 0 saturated carbocycles. The highest BCUT2D eigenvalue weighted by atomic mass is 16.2. The smallest absolute Gasteiger partial charge is 0.254 e. The molecule has 5 heteroatoms. The minimum absolute atomic E-state index is 0.0321. The second-order valence-electron chi connectivity index (χ2n) is 7.80. The average Bonchev–Trinajstić information content (AvgIpc) is 3.40. The first-order valence-electron chi connectivity index (χ1n) is 9.96. The zero-order valence-corrected chi connectivity index (χ0v) is 15.9. The molecule has 0 bridgehead atoms. The molecule has 0 aliphatic carbocycles. The summed E-state index contributed by atoms with van der Waals surface area (Å²) in [6.45, 7) is 4.55. The third kappa shape index (κ3) is 3.64. The fourth-order valence-electron chi connectivity index (χ4n) is 4.15. The Bertz CT molecular complexity index is 789. The van der Waals surface area contributed by atoms with Crippen molar-refractivity contribution in [2.75, 3.05) is 19.6 Å². The molecule has 0 N–H and O–H groups in total. The van der Waals surface area contributed by atoms with Crippen LogP contribution in [0.15, 0.2) is 48.8 Å². The molecule has 5 nitrogen and oxygen atoms in total. The van der Waals surface area contributed by atoms with E-state index in [4.69, 9.17) is 0 Å². The first-order valence-corrected chi connectivity index (χ1v) is 9.96. The molecule has 2 aromatic rings. The average molecular weight is 365 g/mol. The molecule has 1 aromatic carbocycles. The van der Waals surface area contributed by atoms with E-state index in [-0.39, 0.29) is 17.9 Å². The Morgan fingerprint density at radius 1 is 0.926 bits per heavy atom. The van der Waals surface area contributed by atoms with E-state index in [0.29, 0.717) is 18.0 Å². The van der Waals surface area contributed by atoms with Gasteiger partial charge in [0, 0.05) is 43.3 Å². The van der Waals surface area contributed by atoms with Crippen LogP contribution >= 0.6 is 0 Å². The molecule has 0 radical (unpaired) electrons. The maximum atomic E-state index is 13.0. The molecule has 1 atom stereocenters. The number of benzene rings is 1. The number of carbonyl (C=O) groups excluding carboxylic acids is 2. The quantitative estimate of drug-likeness (QED) is 0.837. The van der Waals surface area contributed by atoms with Crippen LogP contribution in [0.2, 0.25) is 0 Å². The van der Waals surface area contributed by atoms with Crippen molar-refractivity contribution in [1.29, 1.82) is 0 Å². The number of aromatic nitrogens is 1. The van der Waals surface area contributed by atoms with E-state index in [0.717, 1.165) is 44.5 Å². The Balaban J connectivity index is 1.46. The first-order chi connectivity index (χ1) is 13.1. The lowest BCUT2D eigenvalue weighted by Crippen LogP contribution is -2.49. The van der Waals surface area contributed by atoms with Crippen LogP contribution < -0.4 is 0 Å². The standard InChI is InChI=1S/C22H27N3O2/c1-17-10-15-24(16-11-17)22(27)20-5-4-14-25(20)21(26)18-6-8-19(9-7-18)23-12-2-3-13-23/h2-3,6-9,12-13,17,20H,4-5,10-11,14-16H2,1H3/t20-/m0/s1. The molecular formula is C22H27N3O2. The zero-order chi connectivity index (χ0) is 18.8. The summed E-state index contributed by atoms with van der Waals surface area (Å²) in [4.78, 5) is 29.8. The van der Waals surface area contributed by atoms with Gasteiger partial charge in [0.1, 0.15) is 6.04 Å². The monoisotopic (exact) mass is 365 g/mol. The molecule has 27 heavy (non-hydrogen) atoms. The predicted octanol–water partition coefficient (Wildman–Crippen LogP) is 3.34. The lowest BCUT2D eigenvalue weighted by atomic mass is 9.98. The SMILES string of the molecule is CC1CCN(C(=O)[C@@H]2CCCN2C(=O)c2ccc(-n3cccc3)cc2)CC1. The van der Waals surface area contributed by atoms with Crippen molar-refractivity contribution in [3.63, 3.8) is 0 Å². The van der Waals surface area contributed by atoms with Gasteiger partial charge >= 0.3 is 0 Å². The largest absolute Gasteiger partial charge is 0.341 e. The van der Waals surface area contributed by atoms with Crippen molar-refractivity contribution in [3.8, 4) is 5.69 Å². The highest BCUT2D eigenvalue weighted by Crippen LogP contribution is 2.25. The molecule has 2 saturated heterocycles. The molecular weight excluding hydrogens is 338 g/mol. The highest BCUT2D eigenvalue weighted by molar-refractivity contribution is 5.98. The van der Waals surface area contributed by atoms with Crippen LogP contribution in [0.4, 0.5) is 0 Å². The van der Waals surface area contributed by atoms with Gasteiger partial charge in [0.2, 0.25) is 5.91 Å². The summed E-state index contributed by atoms with van der Waals surface area (Å²) < 4.78 is 2.01. The minimum Gasteiger partial charge on any atom is -0.341 e. The number of piperidine rings is 1. The van der Waals surface area contributed by atoms with Crippen LogP contribution in [-0.2, 0) is 4.79 Å². The van der Waals surface area contributed by atoms with Gasteiger partial charge in [0.05, 0.1) is 0 Å². The van der Waals surface area contributed by atoms with Gasteiger partial charge in [-0.25, -0.2) is 0 Å². The maximum absolute atomic E-state index is 13.0. The van der Waals surface area contributed by atoms with Gasteiger partial charge in [0.15, 0.2) is 0 Å². The summed E-state index contributed by atoms with van der Waals surface area (Å²) in [5.41, 5.74) is 1.67. The van der Waals surface area contributed by atoms with Gasteiger partial charge in [-0.1, -0.05) is 6.92 Å². The summed E-state index contributed by atoms with van der Waals surface area (Å²) in [5, 5.41) is 0. The van der Waals surface area contributed by atoms with Crippen molar-refractivity contribution in [3.05, 3.63) is 54.4 Å². The second-order valence-corrected chi connectivity index (χ2v) is 7.80. The maximum Gasteiger partial charge on any atom is 0.254 e. The van der Waals surface area contributed by atoms with Crippen LogP contribution in [-0.4, -0.2) is 51.9 Å². The van der Waals surface area contributed by atoms with Crippen LogP contribution in [0, 0.1) is 5.92 Å². The fourth-order valence-corrected chi connectivity index (χ4v) is 4.15. The molecule has 2 amide bonds. The van der Waals surface area contributed by atoms with Crippen molar-refractivity contribution in [1.82, 2.24) is 14.4 Å². The number of carbonyl (C=O) groups is 2. The van der Waals surface area contributed by atoms with Crippen LogP contribution in [0.1, 0.15) is 43.0 Å². The summed E-state index contributed by atoms with van der Waals surface area (Å²) >= 11 is 0. The molecule has 2 fully saturated rings. The van der Waals surface area contributed by atoms with Crippen LogP contribution in [0.3, 0.4) is 0 Å². The number of likely N-dealkylation sites (tertiary alicyclic amines) is 2. The Hall–Kier alpha value is -2.56. The van der Waals surface area contributed by atoms with Crippen molar-refractivity contribution < 1.29 is 9.59 Å². The number of rotatable bonds is 3. The molecule has 2 aliphatic heterocycles. The highest BCUT2D eigenvalue weighted by Gasteiger charge is 2.37. The molecule has 4 rings (SSSR count). The Kier molecular flexibility index (Phi) is 5.01. The molecule has 0 unspecified atom stereocenters. The lowest BCUT2D eigenvalue weighted by Gasteiger charge is -2.34. The van der Waals surface area contributed by atoms with Gasteiger partial charge in [-0.3, -0.25) is 9.59 Å². The van der Waals surface area contributed by atoms with Crippen LogP contribution in [0.25, 0.3) is 5.69 Å². The number of hydrogen-bond donors (Lipinski definition) is 0. The fraction of sp³-hybridized carbons (Fsp3) is 0.455. The van der Waals surface area contributed by atoms with Crippen LogP contribution in [0.5, 0.6) is 0 Å². The second kappa shape index (κ2) is 7.59.